The second-order valence-corrected chi connectivity index (χ2v) is 3.35. The Kier molecular flexibility index (Phi) is 4.03. The van der Waals surface area contributed by atoms with Gasteiger partial charge < -0.3 is 9.21 Å². The first kappa shape index (κ1) is 11.4. The van der Waals surface area contributed by atoms with E-state index in [2.05, 4.69) is 0 Å². The number of nitrogens with zero attached hydrogens (tertiary/aromatic N) is 1. The van der Waals surface area contributed by atoms with Crippen LogP contribution in [0.1, 0.15) is 25.0 Å². The maximum atomic E-state index is 10.8. The lowest BCUT2D eigenvalue weighted by Gasteiger charge is -2.15. The number of hydrogen-bond donors (Lipinski definition) is 0. The van der Waals surface area contributed by atoms with Crippen molar-refractivity contribution in [2.45, 2.75) is 19.3 Å². The average molecular weight is 211 g/mol. The third kappa shape index (κ3) is 2.90. The zero-order valence-corrected chi connectivity index (χ0v) is 8.46. The van der Waals surface area contributed by atoms with Gasteiger partial charge in [0, 0.05) is 10.8 Å². The normalized spacial score (nSPS) is 14.5. The Morgan fingerprint density at radius 2 is 2.40 bits per heavy atom. The van der Waals surface area contributed by atoms with Crippen molar-refractivity contribution in [1.82, 2.24) is 0 Å². The van der Waals surface area contributed by atoms with Crippen LogP contribution in [-0.2, 0) is 4.79 Å². The Labute approximate surface area is 87.2 Å². The molecule has 0 aliphatic heterocycles. The van der Waals surface area contributed by atoms with E-state index in [1.807, 2.05) is 6.92 Å². The average Bonchev–Trinajstić information content (AvgIpc) is 2.70. The minimum atomic E-state index is -0.461. The van der Waals surface area contributed by atoms with E-state index in [-0.39, 0.29) is 12.5 Å². The van der Waals surface area contributed by atoms with Gasteiger partial charge in [-0.05, 0) is 18.6 Å². The van der Waals surface area contributed by atoms with E-state index in [0.29, 0.717) is 12.2 Å². The second kappa shape index (κ2) is 5.29. The number of furan rings is 1. The highest BCUT2D eigenvalue weighted by atomic mass is 16.6. The lowest BCUT2D eigenvalue weighted by Crippen LogP contribution is -2.21. The molecule has 5 heteroatoms. The number of nitro groups is 1. The summed E-state index contributed by atoms with van der Waals surface area (Å²) in [6.45, 7) is 1.56. The fraction of sp³-hybridized carbons (Fsp3) is 0.500. The van der Waals surface area contributed by atoms with Crippen molar-refractivity contribution in [3.63, 3.8) is 0 Å². The van der Waals surface area contributed by atoms with Crippen molar-refractivity contribution >= 4 is 6.29 Å². The zero-order chi connectivity index (χ0) is 11.3. The van der Waals surface area contributed by atoms with Crippen LogP contribution < -0.4 is 0 Å². The Morgan fingerprint density at radius 1 is 1.67 bits per heavy atom. The van der Waals surface area contributed by atoms with Crippen molar-refractivity contribution in [2.75, 3.05) is 6.54 Å². The number of aldehydes is 1. The number of rotatable bonds is 6. The highest BCUT2D eigenvalue weighted by Gasteiger charge is 2.28. The van der Waals surface area contributed by atoms with Crippen LogP contribution in [0.3, 0.4) is 0 Å². The van der Waals surface area contributed by atoms with Gasteiger partial charge in [-0.15, -0.1) is 0 Å². The molecule has 2 unspecified atom stereocenters. The van der Waals surface area contributed by atoms with Gasteiger partial charge in [0.05, 0.1) is 12.2 Å². The molecule has 0 fully saturated rings. The van der Waals surface area contributed by atoms with Crippen LogP contribution in [0, 0.1) is 16.0 Å². The molecular formula is C10H13NO4. The minimum Gasteiger partial charge on any atom is -0.469 e. The summed E-state index contributed by atoms with van der Waals surface area (Å²) in [6.07, 6.45) is 2.79. The Hall–Kier alpha value is -1.65. The smallest absolute Gasteiger partial charge is 0.214 e. The van der Waals surface area contributed by atoms with Crippen LogP contribution in [-0.4, -0.2) is 17.8 Å². The summed E-state index contributed by atoms with van der Waals surface area (Å²) in [5.41, 5.74) is 0. The molecule has 0 N–H and O–H groups in total. The molecule has 0 aromatic carbocycles. The molecular weight excluding hydrogens is 198 g/mol. The maximum Gasteiger partial charge on any atom is 0.214 e. The molecule has 0 bridgehead atoms. The fourth-order valence-electron chi connectivity index (χ4n) is 1.57. The maximum absolute atomic E-state index is 10.8. The molecule has 5 nitrogen and oxygen atoms in total. The van der Waals surface area contributed by atoms with Gasteiger partial charge in [0.1, 0.15) is 12.0 Å². The van der Waals surface area contributed by atoms with Crippen molar-refractivity contribution in [3.8, 4) is 0 Å². The third-order valence-electron chi connectivity index (χ3n) is 2.42. The lowest BCUT2D eigenvalue weighted by molar-refractivity contribution is -0.484. The van der Waals surface area contributed by atoms with Crippen LogP contribution in [0.25, 0.3) is 0 Å². The molecule has 0 radical (unpaired) electrons. The standard InChI is InChI=1S/C10H13NO4/c1-2-8(7-12)9(6-11(13)14)10-4-3-5-15-10/h3-5,7-9H,2,6H2,1H3. The van der Waals surface area contributed by atoms with Crippen molar-refractivity contribution in [2.24, 2.45) is 5.92 Å². The van der Waals surface area contributed by atoms with Crippen LogP contribution >= 0.6 is 0 Å². The summed E-state index contributed by atoms with van der Waals surface area (Å²) >= 11 is 0. The summed E-state index contributed by atoms with van der Waals surface area (Å²) in [6, 6.07) is 3.33. The first-order valence-corrected chi connectivity index (χ1v) is 4.79. The SMILES string of the molecule is CCC(C=O)C(C[N+](=O)[O-])c1ccco1. The summed E-state index contributed by atoms with van der Waals surface area (Å²) in [7, 11) is 0. The van der Waals surface area contributed by atoms with Crippen LogP contribution in [0.4, 0.5) is 0 Å². The van der Waals surface area contributed by atoms with E-state index in [9.17, 15) is 14.9 Å². The zero-order valence-electron chi connectivity index (χ0n) is 8.46. The van der Waals surface area contributed by atoms with Crippen molar-refractivity contribution < 1.29 is 14.1 Å². The first-order chi connectivity index (χ1) is 7.19. The van der Waals surface area contributed by atoms with Crippen LogP contribution in [0.2, 0.25) is 0 Å². The Bertz CT molecular complexity index is 320. The van der Waals surface area contributed by atoms with Gasteiger partial charge in [-0.1, -0.05) is 6.92 Å². The largest absolute Gasteiger partial charge is 0.469 e. The summed E-state index contributed by atoms with van der Waals surface area (Å²) in [5.74, 6) is -0.315. The molecule has 0 spiro atoms. The van der Waals surface area contributed by atoms with E-state index in [0.717, 1.165) is 6.29 Å². The molecule has 0 saturated heterocycles. The van der Waals surface area contributed by atoms with Gasteiger partial charge in [-0.2, -0.15) is 0 Å². The van der Waals surface area contributed by atoms with E-state index in [1.165, 1.54) is 6.26 Å². The predicted molar refractivity (Wildman–Crippen MR) is 53.2 cm³/mol. The second-order valence-electron chi connectivity index (χ2n) is 3.35. The Balaban J connectivity index is 2.86. The van der Waals surface area contributed by atoms with E-state index in [4.69, 9.17) is 4.42 Å². The summed E-state index contributed by atoms with van der Waals surface area (Å²) < 4.78 is 5.12. The topological polar surface area (TPSA) is 73.3 Å². The van der Waals surface area contributed by atoms with E-state index >= 15 is 0 Å². The first-order valence-electron chi connectivity index (χ1n) is 4.79. The van der Waals surface area contributed by atoms with E-state index in [1.54, 1.807) is 12.1 Å². The highest BCUT2D eigenvalue weighted by molar-refractivity contribution is 5.55. The molecule has 2 atom stereocenters. The minimum absolute atomic E-state index is 0.273. The molecule has 0 saturated carbocycles. The molecule has 1 aromatic heterocycles. The molecule has 1 heterocycles. The van der Waals surface area contributed by atoms with Crippen LogP contribution in [0.15, 0.2) is 22.8 Å². The van der Waals surface area contributed by atoms with Gasteiger partial charge in [0.25, 0.3) is 0 Å². The third-order valence-corrected chi connectivity index (χ3v) is 2.42. The molecule has 0 aliphatic rings. The fourth-order valence-corrected chi connectivity index (χ4v) is 1.57. The van der Waals surface area contributed by atoms with Gasteiger partial charge in [0.15, 0.2) is 0 Å². The monoisotopic (exact) mass is 211 g/mol. The molecule has 0 amide bonds. The Morgan fingerprint density at radius 3 is 2.80 bits per heavy atom. The number of hydrogen-bond acceptors (Lipinski definition) is 4. The van der Waals surface area contributed by atoms with Gasteiger partial charge in [-0.3, -0.25) is 10.1 Å². The quantitative estimate of drug-likeness (QED) is 0.409. The molecule has 1 rings (SSSR count). The van der Waals surface area contributed by atoms with Crippen LogP contribution in [0.5, 0.6) is 0 Å². The lowest BCUT2D eigenvalue weighted by atomic mass is 9.89. The molecule has 1 aromatic rings. The number of carbonyl (C=O) groups excluding carboxylic acids is 1. The molecule has 82 valence electrons. The number of carbonyl (C=O) groups is 1. The van der Waals surface area contributed by atoms with Crippen molar-refractivity contribution in [3.05, 3.63) is 34.3 Å². The molecule has 15 heavy (non-hydrogen) atoms. The summed E-state index contributed by atoms with van der Waals surface area (Å²) in [5, 5.41) is 10.5. The van der Waals surface area contributed by atoms with E-state index < -0.39 is 10.8 Å². The van der Waals surface area contributed by atoms with Crippen molar-refractivity contribution in [1.29, 1.82) is 0 Å². The molecule has 0 aliphatic carbocycles. The van der Waals surface area contributed by atoms with Gasteiger partial charge in [-0.25, -0.2) is 0 Å². The van der Waals surface area contributed by atoms with Gasteiger partial charge in [0.2, 0.25) is 6.54 Å². The van der Waals surface area contributed by atoms with Gasteiger partial charge >= 0.3 is 0 Å². The predicted octanol–water partition coefficient (Wildman–Crippen LogP) is 1.86. The highest BCUT2D eigenvalue weighted by Crippen LogP contribution is 2.26. The summed E-state index contributed by atoms with van der Waals surface area (Å²) in [4.78, 5) is 20.9.